The van der Waals surface area contributed by atoms with E-state index >= 15 is 0 Å². The molecule has 0 saturated heterocycles. The van der Waals surface area contributed by atoms with Crippen LogP contribution in [0.2, 0.25) is 0 Å². The first-order valence-corrected chi connectivity index (χ1v) is 11.8. The Labute approximate surface area is 201 Å². The number of thiophene rings is 1. The van der Waals surface area contributed by atoms with Crippen molar-refractivity contribution in [1.82, 2.24) is 4.98 Å². The minimum atomic E-state index is -0.558. The van der Waals surface area contributed by atoms with Crippen LogP contribution in [0.4, 0.5) is 14.5 Å². The van der Waals surface area contributed by atoms with Gasteiger partial charge in [0.25, 0.3) is 5.91 Å². The number of hydrogen-bond donors (Lipinski definition) is 1. The fraction of sp³-hybridized carbons (Fsp3) is 0.130. The van der Waals surface area contributed by atoms with Gasteiger partial charge in [-0.3, -0.25) is 20.2 Å². The van der Waals surface area contributed by atoms with Gasteiger partial charge < -0.3 is 9.47 Å². The van der Waals surface area contributed by atoms with E-state index in [1.54, 1.807) is 36.4 Å². The van der Waals surface area contributed by atoms with E-state index in [0.717, 1.165) is 29.1 Å². The zero-order valence-corrected chi connectivity index (χ0v) is 19.5. The number of nitrogens with one attached hydrogen (secondary N) is 1. The van der Waals surface area contributed by atoms with Crippen LogP contribution in [0.25, 0.3) is 11.3 Å². The maximum atomic E-state index is 14.2. The van der Waals surface area contributed by atoms with Gasteiger partial charge in [0, 0.05) is 11.6 Å². The molecule has 0 spiro atoms. The summed E-state index contributed by atoms with van der Waals surface area (Å²) in [5.41, 5.74) is 1.08. The number of nitro groups is 1. The number of nitrogens with zero attached hydrogens (tertiary/aromatic N) is 2. The quantitative estimate of drug-likeness (QED) is 0.202. The third-order valence-corrected chi connectivity index (χ3v) is 6.34. The first kappa shape index (κ1) is 23.3. The lowest BCUT2D eigenvalue weighted by Gasteiger charge is -2.07. The minimum Gasteiger partial charge on any atom is -0.494 e. The van der Waals surface area contributed by atoms with Crippen LogP contribution < -0.4 is 14.8 Å². The van der Waals surface area contributed by atoms with Crippen LogP contribution in [0.1, 0.15) is 23.0 Å². The number of halogens is 1. The molecule has 2 aromatic carbocycles. The molecule has 0 aliphatic carbocycles. The maximum Gasteiger partial charge on any atom is 0.324 e. The van der Waals surface area contributed by atoms with E-state index in [9.17, 15) is 19.3 Å². The molecule has 0 fully saturated rings. The molecule has 0 aliphatic heterocycles. The second-order valence-electron chi connectivity index (χ2n) is 6.91. The smallest absolute Gasteiger partial charge is 0.324 e. The summed E-state index contributed by atoms with van der Waals surface area (Å²) in [5, 5.41) is 13.9. The highest BCUT2D eigenvalue weighted by molar-refractivity contribution is 7.19. The Morgan fingerprint density at radius 2 is 1.88 bits per heavy atom. The average molecular weight is 500 g/mol. The van der Waals surface area contributed by atoms with Crippen molar-refractivity contribution in [3.05, 3.63) is 81.5 Å². The molecular formula is C23H18FN3O5S2. The zero-order chi connectivity index (χ0) is 24.1. The van der Waals surface area contributed by atoms with Crippen molar-refractivity contribution in [2.24, 2.45) is 0 Å². The van der Waals surface area contributed by atoms with Gasteiger partial charge in [0.1, 0.15) is 11.4 Å². The monoisotopic (exact) mass is 499 g/mol. The Morgan fingerprint density at radius 1 is 1.12 bits per heavy atom. The van der Waals surface area contributed by atoms with Gasteiger partial charge in [-0.05, 0) is 48.9 Å². The third-order valence-electron chi connectivity index (χ3n) is 4.45. The number of carbonyl (C=O) groups excluding carboxylic acids is 1. The topological polar surface area (TPSA) is 104 Å². The van der Waals surface area contributed by atoms with E-state index < -0.39 is 16.6 Å². The van der Waals surface area contributed by atoms with Crippen LogP contribution in [0.5, 0.6) is 16.6 Å². The number of anilines is 1. The number of benzene rings is 2. The van der Waals surface area contributed by atoms with Crippen LogP contribution in [-0.2, 0) is 0 Å². The number of hydrogen-bond acceptors (Lipinski definition) is 8. The fourth-order valence-corrected chi connectivity index (χ4v) is 4.44. The summed E-state index contributed by atoms with van der Waals surface area (Å²) < 4.78 is 25.6. The number of ether oxygens (including phenoxy) is 2. The standard InChI is InChI=1S/C23H18FN3O5S2/c1-2-13-31-15-9-7-14(8-10-15)20-22(32-17-6-4-3-5-16(17)24)34-23(25-20)26-21(28)18-11-12-19(33-18)27(29)30/h3-12H,2,13H2,1H3,(H,25,26,28). The van der Waals surface area contributed by atoms with Crippen LogP contribution in [0, 0.1) is 15.9 Å². The molecule has 4 aromatic rings. The number of aromatic nitrogens is 1. The predicted molar refractivity (Wildman–Crippen MR) is 129 cm³/mol. The molecule has 34 heavy (non-hydrogen) atoms. The van der Waals surface area contributed by atoms with Crippen LogP contribution in [0.15, 0.2) is 60.7 Å². The van der Waals surface area contributed by atoms with Crippen molar-refractivity contribution < 1.29 is 23.6 Å². The van der Waals surface area contributed by atoms with Crippen molar-refractivity contribution in [3.63, 3.8) is 0 Å². The van der Waals surface area contributed by atoms with Gasteiger partial charge >= 0.3 is 5.00 Å². The Balaban J connectivity index is 1.64. The Morgan fingerprint density at radius 3 is 2.56 bits per heavy atom. The molecule has 4 rings (SSSR count). The second-order valence-corrected chi connectivity index (χ2v) is 8.93. The van der Waals surface area contributed by atoms with Crippen LogP contribution >= 0.6 is 22.7 Å². The number of amides is 1. The highest BCUT2D eigenvalue weighted by Crippen LogP contribution is 2.41. The predicted octanol–water partition coefficient (Wildman–Crippen LogP) is 6.75. The SMILES string of the molecule is CCCOc1ccc(-c2nc(NC(=O)c3ccc([N+](=O)[O-])s3)sc2Oc2ccccc2F)cc1. The molecule has 0 bridgehead atoms. The lowest BCUT2D eigenvalue weighted by molar-refractivity contribution is -0.380. The summed E-state index contributed by atoms with van der Waals surface area (Å²) in [4.78, 5) is 27.6. The van der Waals surface area contributed by atoms with E-state index in [4.69, 9.17) is 9.47 Å². The minimum absolute atomic E-state index is 0.0158. The molecular weight excluding hydrogens is 481 g/mol. The van der Waals surface area contributed by atoms with Gasteiger partial charge in [-0.25, -0.2) is 9.37 Å². The largest absolute Gasteiger partial charge is 0.494 e. The highest BCUT2D eigenvalue weighted by Gasteiger charge is 2.21. The molecule has 0 aliphatic rings. The molecule has 0 unspecified atom stereocenters. The molecule has 1 N–H and O–H groups in total. The van der Waals surface area contributed by atoms with Crippen molar-refractivity contribution in [1.29, 1.82) is 0 Å². The van der Waals surface area contributed by atoms with Crippen molar-refractivity contribution in [3.8, 4) is 27.8 Å². The van der Waals surface area contributed by atoms with E-state index in [1.165, 1.54) is 24.3 Å². The molecule has 8 nitrogen and oxygen atoms in total. The van der Waals surface area contributed by atoms with Gasteiger partial charge in [-0.2, -0.15) is 0 Å². The maximum absolute atomic E-state index is 14.2. The van der Waals surface area contributed by atoms with Gasteiger partial charge in [-0.1, -0.05) is 41.7 Å². The van der Waals surface area contributed by atoms with Crippen LogP contribution in [-0.4, -0.2) is 22.4 Å². The molecule has 11 heteroatoms. The lowest BCUT2D eigenvalue weighted by atomic mass is 10.1. The zero-order valence-electron chi connectivity index (χ0n) is 17.8. The van der Waals surface area contributed by atoms with Crippen molar-refractivity contribution in [2.75, 3.05) is 11.9 Å². The molecule has 1 amide bonds. The van der Waals surface area contributed by atoms with E-state index in [-0.39, 0.29) is 25.8 Å². The summed E-state index contributed by atoms with van der Waals surface area (Å²) in [6, 6.07) is 15.8. The third kappa shape index (κ3) is 5.38. The van der Waals surface area contributed by atoms with Crippen LogP contribution in [0.3, 0.4) is 0 Å². The number of carbonyl (C=O) groups is 1. The summed E-state index contributed by atoms with van der Waals surface area (Å²) in [7, 11) is 0. The first-order valence-electron chi connectivity index (χ1n) is 10.2. The normalized spacial score (nSPS) is 10.6. The summed E-state index contributed by atoms with van der Waals surface area (Å²) in [6.07, 6.45) is 0.880. The Kier molecular flexibility index (Phi) is 7.14. The molecule has 0 atom stereocenters. The van der Waals surface area contributed by atoms with Gasteiger partial charge in [0.2, 0.25) is 5.06 Å². The fourth-order valence-electron chi connectivity index (χ4n) is 2.87. The van der Waals surface area contributed by atoms with Gasteiger partial charge in [0.15, 0.2) is 16.7 Å². The Hall–Kier alpha value is -3.83. The summed E-state index contributed by atoms with van der Waals surface area (Å²) in [6.45, 7) is 2.61. The van der Waals surface area contributed by atoms with Gasteiger partial charge in [-0.15, -0.1) is 0 Å². The highest BCUT2D eigenvalue weighted by atomic mass is 32.1. The van der Waals surface area contributed by atoms with Crippen molar-refractivity contribution >= 4 is 38.7 Å². The van der Waals surface area contributed by atoms with Crippen molar-refractivity contribution in [2.45, 2.75) is 13.3 Å². The van der Waals surface area contributed by atoms with E-state index in [0.29, 0.717) is 23.6 Å². The molecule has 2 aromatic heterocycles. The summed E-state index contributed by atoms with van der Waals surface area (Å²) >= 11 is 1.78. The average Bonchev–Trinajstić information content (AvgIpc) is 3.47. The molecule has 174 valence electrons. The summed E-state index contributed by atoms with van der Waals surface area (Å²) in [5.74, 6) is -0.368. The Bertz CT molecular complexity index is 1320. The number of thiazole rings is 1. The molecule has 0 radical (unpaired) electrons. The van der Waals surface area contributed by atoms with Gasteiger partial charge in [0.05, 0.1) is 16.4 Å². The van der Waals surface area contributed by atoms with E-state index in [2.05, 4.69) is 10.3 Å². The molecule has 0 saturated carbocycles. The molecule has 2 heterocycles. The first-order chi connectivity index (χ1) is 16.4. The number of para-hydroxylation sites is 1. The number of rotatable bonds is 9. The van der Waals surface area contributed by atoms with E-state index in [1.807, 2.05) is 6.92 Å². The lowest BCUT2D eigenvalue weighted by Crippen LogP contribution is -2.09. The second kappa shape index (κ2) is 10.4.